The molecule has 0 spiro atoms. The van der Waals surface area contributed by atoms with Gasteiger partial charge in [-0.3, -0.25) is 9.69 Å². The zero-order chi connectivity index (χ0) is 22.6. The van der Waals surface area contributed by atoms with Crippen LogP contribution in [0.3, 0.4) is 0 Å². The number of fused-ring (bicyclic) bond motifs is 1. The first-order chi connectivity index (χ1) is 16.2. The lowest BCUT2D eigenvalue weighted by Gasteiger charge is -2.36. The number of rotatable bonds is 6. The highest BCUT2D eigenvalue weighted by Crippen LogP contribution is 2.22. The van der Waals surface area contributed by atoms with E-state index in [0.29, 0.717) is 17.8 Å². The largest absolute Gasteiger partial charge is 0.369 e. The fourth-order valence-corrected chi connectivity index (χ4v) is 4.39. The average Bonchev–Trinajstić information content (AvgIpc) is 3.29. The molecule has 1 aliphatic rings. The molecule has 8 heteroatoms. The van der Waals surface area contributed by atoms with Gasteiger partial charge in [0.25, 0.3) is 5.91 Å². The average molecular weight is 461 g/mol. The summed E-state index contributed by atoms with van der Waals surface area (Å²) in [6.07, 6.45) is 3.31. The van der Waals surface area contributed by atoms with Crippen LogP contribution in [0.1, 0.15) is 10.4 Å². The molecule has 0 saturated carbocycles. The van der Waals surface area contributed by atoms with Gasteiger partial charge in [-0.05, 0) is 24.3 Å². The molecule has 168 valence electrons. The van der Waals surface area contributed by atoms with Gasteiger partial charge in [-0.25, -0.2) is 9.50 Å². The normalized spacial score (nSPS) is 14.5. The molecule has 0 aliphatic carbocycles. The Bertz CT molecular complexity index is 1250. The second kappa shape index (κ2) is 9.60. The zero-order valence-corrected chi connectivity index (χ0v) is 18.9. The summed E-state index contributed by atoms with van der Waals surface area (Å²) in [6, 6.07) is 19.8. The topological polar surface area (TPSA) is 65.8 Å². The van der Waals surface area contributed by atoms with Crippen LogP contribution in [0, 0.1) is 0 Å². The maximum atomic E-state index is 12.8. The Morgan fingerprint density at radius 2 is 1.82 bits per heavy atom. The van der Waals surface area contributed by atoms with Gasteiger partial charge in [-0.15, -0.1) is 0 Å². The third-order valence-corrected chi connectivity index (χ3v) is 6.21. The van der Waals surface area contributed by atoms with Crippen LogP contribution < -0.4 is 10.2 Å². The molecular weight excluding hydrogens is 436 g/mol. The Hall–Kier alpha value is -3.42. The van der Waals surface area contributed by atoms with Crippen LogP contribution in [0.2, 0.25) is 5.02 Å². The molecule has 1 N–H and O–H groups in total. The molecule has 2 aromatic carbocycles. The fourth-order valence-electron chi connectivity index (χ4n) is 4.20. The lowest BCUT2D eigenvalue weighted by Crippen LogP contribution is -2.48. The van der Waals surface area contributed by atoms with Gasteiger partial charge in [0.15, 0.2) is 5.65 Å². The molecule has 0 unspecified atom stereocenters. The molecule has 0 bridgehead atoms. The van der Waals surface area contributed by atoms with Crippen molar-refractivity contribution in [2.45, 2.75) is 0 Å². The van der Waals surface area contributed by atoms with Gasteiger partial charge >= 0.3 is 0 Å². The van der Waals surface area contributed by atoms with E-state index in [1.807, 2.05) is 54.6 Å². The van der Waals surface area contributed by atoms with Crippen molar-refractivity contribution in [2.24, 2.45) is 0 Å². The Morgan fingerprint density at radius 1 is 1.00 bits per heavy atom. The Morgan fingerprint density at radius 3 is 2.61 bits per heavy atom. The highest BCUT2D eigenvalue weighted by atomic mass is 35.5. The number of carbonyl (C=O) groups is 1. The number of piperazine rings is 1. The molecule has 1 amide bonds. The first-order valence-corrected chi connectivity index (χ1v) is 11.5. The van der Waals surface area contributed by atoms with E-state index >= 15 is 0 Å². The summed E-state index contributed by atoms with van der Waals surface area (Å²) < 4.78 is 1.72. The minimum Gasteiger partial charge on any atom is -0.369 e. The van der Waals surface area contributed by atoms with Crippen LogP contribution >= 0.6 is 11.6 Å². The minimum atomic E-state index is -0.153. The molecule has 3 heterocycles. The summed E-state index contributed by atoms with van der Waals surface area (Å²) >= 11 is 6.12. The van der Waals surface area contributed by atoms with E-state index in [1.54, 1.807) is 16.9 Å². The summed E-state index contributed by atoms with van der Waals surface area (Å²) in [6.45, 7) is 5.15. The monoisotopic (exact) mass is 460 g/mol. The number of nitrogens with zero attached hydrogens (tertiary/aromatic N) is 5. The summed E-state index contributed by atoms with van der Waals surface area (Å²) in [5, 5.41) is 8.21. The maximum absolute atomic E-state index is 12.8. The number of hydrogen-bond donors (Lipinski definition) is 1. The standard InChI is InChI=1S/C25H25ClN6O/c26-20-7-4-8-21(17-20)31-15-13-30(14-16-31)12-11-28-25(33)22-18-29-32-23(9-10-27-24(22)32)19-5-2-1-3-6-19/h1-10,17-18H,11-16H2,(H,28,33). The van der Waals surface area contributed by atoms with Crippen molar-refractivity contribution in [3.8, 4) is 11.3 Å². The van der Waals surface area contributed by atoms with Crippen molar-refractivity contribution in [1.29, 1.82) is 0 Å². The second-order valence-corrected chi connectivity index (χ2v) is 8.49. The summed E-state index contributed by atoms with van der Waals surface area (Å²) in [4.78, 5) is 21.9. The molecule has 1 saturated heterocycles. The van der Waals surface area contributed by atoms with Crippen LogP contribution in [0.4, 0.5) is 5.69 Å². The lowest BCUT2D eigenvalue weighted by molar-refractivity contribution is 0.0949. The van der Waals surface area contributed by atoms with Crippen LogP contribution in [0.5, 0.6) is 0 Å². The second-order valence-electron chi connectivity index (χ2n) is 8.05. The number of carbonyl (C=O) groups excluding carboxylic acids is 1. The van der Waals surface area contributed by atoms with Gasteiger partial charge in [0, 0.05) is 61.7 Å². The highest BCUT2D eigenvalue weighted by Gasteiger charge is 2.19. The summed E-state index contributed by atoms with van der Waals surface area (Å²) in [5.74, 6) is -0.153. The van der Waals surface area contributed by atoms with Crippen molar-refractivity contribution in [3.05, 3.63) is 83.6 Å². The number of nitrogens with one attached hydrogen (secondary N) is 1. The van der Waals surface area contributed by atoms with E-state index in [0.717, 1.165) is 54.7 Å². The van der Waals surface area contributed by atoms with E-state index in [-0.39, 0.29) is 5.91 Å². The number of amides is 1. The van der Waals surface area contributed by atoms with Crippen molar-refractivity contribution in [2.75, 3.05) is 44.2 Å². The SMILES string of the molecule is O=C(NCCN1CCN(c2cccc(Cl)c2)CC1)c1cnn2c(-c3ccccc3)ccnc12. The van der Waals surface area contributed by atoms with Crippen LogP contribution in [-0.2, 0) is 0 Å². The molecule has 0 atom stereocenters. The van der Waals surface area contributed by atoms with Crippen LogP contribution in [0.25, 0.3) is 16.9 Å². The minimum absolute atomic E-state index is 0.153. The molecule has 0 radical (unpaired) electrons. The first kappa shape index (κ1) is 21.4. The Kier molecular flexibility index (Phi) is 6.24. The fraction of sp³-hybridized carbons (Fsp3) is 0.240. The maximum Gasteiger partial charge on any atom is 0.256 e. The Balaban J connectivity index is 1.17. The van der Waals surface area contributed by atoms with Crippen LogP contribution in [-0.4, -0.2) is 64.7 Å². The molecular formula is C25H25ClN6O. The van der Waals surface area contributed by atoms with Crippen molar-refractivity contribution in [1.82, 2.24) is 24.8 Å². The smallest absolute Gasteiger partial charge is 0.256 e. The highest BCUT2D eigenvalue weighted by molar-refractivity contribution is 6.30. The molecule has 2 aromatic heterocycles. The predicted octanol–water partition coefficient (Wildman–Crippen LogP) is 3.60. The number of aromatic nitrogens is 3. The van der Waals surface area contributed by atoms with Gasteiger partial charge in [-0.1, -0.05) is 48.0 Å². The first-order valence-electron chi connectivity index (χ1n) is 11.1. The molecule has 7 nitrogen and oxygen atoms in total. The van der Waals surface area contributed by atoms with E-state index in [9.17, 15) is 4.79 Å². The quantitative estimate of drug-likeness (QED) is 0.476. The van der Waals surface area contributed by atoms with Gasteiger partial charge in [0.1, 0.15) is 5.56 Å². The van der Waals surface area contributed by atoms with Crippen molar-refractivity contribution >= 4 is 28.8 Å². The third kappa shape index (κ3) is 4.69. The van der Waals surface area contributed by atoms with Crippen molar-refractivity contribution in [3.63, 3.8) is 0 Å². The van der Waals surface area contributed by atoms with Gasteiger partial charge < -0.3 is 10.2 Å². The molecule has 5 rings (SSSR count). The lowest BCUT2D eigenvalue weighted by atomic mass is 10.1. The summed E-state index contributed by atoms with van der Waals surface area (Å²) in [7, 11) is 0. The third-order valence-electron chi connectivity index (χ3n) is 5.97. The van der Waals surface area contributed by atoms with E-state index in [4.69, 9.17) is 11.6 Å². The Labute approximate surface area is 197 Å². The van der Waals surface area contributed by atoms with Crippen LogP contribution in [0.15, 0.2) is 73.1 Å². The van der Waals surface area contributed by atoms with Crippen molar-refractivity contribution < 1.29 is 4.79 Å². The zero-order valence-electron chi connectivity index (χ0n) is 18.2. The van der Waals surface area contributed by atoms with Gasteiger partial charge in [-0.2, -0.15) is 5.10 Å². The summed E-state index contributed by atoms with van der Waals surface area (Å²) in [5.41, 5.74) is 4.13. The van der Waals surface area contributed by atoms with E-state index in [2.05, 4.69) is 31.3 Å². The van der Waals surface area contributed by atoms with E-state index < -0.39 is 0 Å². The van der Waals surface area contributed by atoms with Gasteiger partial charge in [0.2, 0.25) is 0 Å². The number of anilines is 1. The number of hydrogen-bond acceptors (Lipinski definition) is 5. The molecule has 4 aromatic rings. The molecule has 1 aliphatic heterocycles. The van der Waals surface area contributed by atoms with E-state index in [1.165, 1.54) is 0 Å². The number of benzene rings is 2. The molecule has 1 fully saturated rings. The number of halogens is 1. The predicted molar refractivity (Wildman–Crippen MR) is 131 cm³/mol. The molecule has 33 heavy (non-hydrogen) atoms. The van der Waals surface area contributed by atoms with Gasteiger partial charge in [0.05, 0.1) is 11.9 Å².